The zero-order chi connectivity index (χ0) is 31.4. The van der Waals surface area contributed by atoms with Gasteiger partial charge in [-0.3, -0.25) is 4.79 Å². The molecule has 9 nitrogen and oxygen atoms in total. The van der Waals surface area contributed by atoms with E-state index in [-0.39, 0.29) is 41.6 Å². The van der Waals surface area contributed by atoms with Gasteiger partial charge in [-0.2, -0.15) is 18.2 Å². The number of aliphatic imine (C=N–C) groups is 1. The van der Waals surface area contributed by atoms with Gasteiger partial charge in [0.25, 0.3) is 5.91 Å². The van der Waals surface area contributed by atoms with Crippen LogP contribution in [0, 0.1) is 22.8 Å². The Morgan fingerprint density at radius 2 is 1.67 bits per heavy atom. The SMILES string of the molecule is CC(C)(C)C1CCC(N(Cc2ccc(C(=O)N=C(N)N=N)cc2)C(=O)Nc2ccc(OCC3CC3)c(C(F)(F)F)c2)CC1. The van der Waals surface area contributed by atoms with Crippen molar-refractivity contribution >= 4 is 23.6 Å². The van der Waals surface area contributed by atoms with Crippen molar-refractivity contribution in [3.63, 3.8) is 0 Å². The molecule has 2 aromatic carbocycles. The zero-order valence-electron chi connectivity index (χ0n) is 24.7. The molecule has 0 aliphatic heterocycles. The van der Waals surface area contributed by atoms with Crippen LogP contribution in [-0.4, -0.2) is 35.4 Å². The largest absolute Gasteiger partial charge is 0.493 e. The molecule has 2 aliphatic rings. The fraction of sp³-hybridized carbons (Fsp3) is 0.516. The van der Waals surface area contributed by atoms with Crippen molar-refractivity contribution in [1.82, 2.24) is 4.90 Å². The third kappa shape index (κ3) is 8.77. The highest BCUT2D eigenvalue weighted by Gasteiger charge is 2.37. The summed E-state index contributed by atoms with van der Waals surface area (Å²) >= 11 is 0. The van der Waals surface area contributed by atoms with Gasteiger partial charge in [0, 0.05) is 23.8 Å². The first-order valence-corrected chi connectivity index (χ1v) is 14.5. The van der Waals surface area contributed by atoms with Crippen molar-refractivity contribution < 1.29 is 27.5 Å². The molecule has 0 bridgehead atoms. The summed E-state index contributed by atoms with van der Waals surface area (Å²) in [6, 6.07) is 9.45. The lowest BCUT2D eigenvalue weighted by Gasteiger charge is -2.41. The number of rotatable bonds is 8. The van der Waals surface area contributed by atoms with E-state index >= 15 is 0 Å². The standard InChI is InChI=1S/C31H39F3N6O3/c1-30(2,3)22-10-13-24(14-11-22)40(17-19-6-8-21(9-7-19)27(41)38-28(35)39-36)29(42)37-23-12-15-26(43-18-20-4-5-20)25(16-23)31(32,33)34/h6-9,12,15-16,20,22,24,36H,4-5,10-11,13-14,17-18H2,1-3H3,(H,37,42)(H2,35,38,41). The van der Waals surface area contributed by atoms with E-state index < -0.39 is 29.6 Å². The highest BCUT2D eigenvalue weighted by molar-refractivity contribution is 6.02. The van der Waals surface area contributed by atoms with Gasteiger partial charge in [0.15, 0.2) is 0 Å². The molecule has 4 N–H and O–H groups in total. The van der Waals surface area contributed by atoms with Gasteiger partial charge in [-0.05, 0) is 91.7 Å². The van der Waals surface area contributed by atoms with Gasteiger partial charge in [0.05, 0.1) is 12.2 Å². The molecule has 2 fully saturated rings. The molecule has 0 atom stereocenters. The van der Waals surface area contributed by atoms with Gasteiger partial charge in [0.2, 0.25) is 5.96 Å². The molecule has 0 unspecified atom stereocenters. The van der Waals surface area contributed by atoms with Crippen LogP contribution in [0.4, 0.5) is 23.7 Å². The number of anilines is 1. The minimum atomic E-state index is -4.65. The average molecular weight is 601 g/mol. The Morgan fingerprint density at radius 1 is 1.02 bits per heavy atom. The van der Waals surface area contributed by atoms with Crippen molar-refractivity contribution in [3.8, 4) is 5.75 Å². The topological polar surface area (TPSA) is 133 Å². The summed E-state index contributed by atoms with van der Waals surface area (Å²) in [6.45, 7) is 7.04. The van der Waals surface area contributed by atoms with E-state index in [1.165, 1.54) is 12.1 Å². The molecule has 2 aliphatic carbocycles. The molecular weight excluding hydrogens is 561 g/mol. The van der Waals surface area contributed by atoms with E-state index in [9.17, 15) is 22.8 Å². The molecule has 2 saturated carbocycles. The molecule has 4 rings (SSSR count). The first-order chi connectivity index (χ1) is 20.2. The van der Waals surface area contributed by atoms with Crippen LogP contribution in [0.5, 0.6) is 5.75 Å². The molecule has 43 heavy (non-hydrogen) atoms. The van der Waals surface area contributed by atoms with E-state index in [0.29, 0.717) is 11.8 Å². The molecule has 3 amide bonds. The van der Waals surface area contributed by atoms with Crippen molar-refractivity contribution in [2.75, 3.05) is 11.9 Å². The summed E-state index contributed by atoms with van der Waals surface area (Å²) in [5.41, 5.74) is 12.4. The minimum Gasteiger partial charge on any atom is -0.493 e. The third-order valence-electron chi connectivity index (χ3n) is 8.22. The second kappa shape index (κ2) is 13.1. The van der Waals surface area contributed by atoms with E-state index in [0.717, 1.165) is 50.2 Å². The lowest BCUT2D eigenvalue weighted by molar-refractivity contribution is -0.138. The average Bonchev–Trinajstić information content (AvgIpc) is 3.79. The van der Waals surface area contributed by atoms with Crippen molar-refractivity contribution in [3.05, 3.63) is 59.2 Å². The van der Waals surface area contributed by atoms with Crippen LogP contribution < -0.4 is 15.8 Å². The molecule has 232 valence electrons. The second-order valence-electron chi connectivity index (χ2n) is 12.5. The molecule has 12 heteroatoms. The van der Waals surface area contributed by atoms with Crippen LogP contribution in [0.3, 0.4) is 0 Å². The van der Waals surface area contributed by atoms with Crippen LogP contribution in [-0.2, 0) is 12.7 Å². The highest BCUT2D eigenvalue weighted by atomic mass is 19.4. The van der Waals surface area contributed by atoms with Crippen LogP contribution in [0.2, 0.25) is 0 Å². The van der Waals surface area contributed by atoms with E-state index in [1.54, 1.807) is 29.2 Å². The maximum atomic E-state index is 13.9. The number of hydrogen-bond acceptors (Lipinski definition) is 4. The lowest BCUT2D eigenvalue weighted by atomic mass is 9.71. The molecule has 0 aromatic heterocycles. The number of amides is 3. The highest BCUT2D eigenvalue weighted by Crippen LogP contribution is 2.41. The first-order valence-electron chi connectivity index (χ1n) is 14.5. The summed E-state index contributed by atoms with van der Waals surface area (Å²) in [7, 11) is 0. The summed E-state index contributed by atoms with van der Waals surface area (Å²) in [5, 5.41) is 5.61. The summed E-state index contributed by atoms with van der Waals surface area (Å²) in [6.07, 6.45) is 0.637. The third-order valence-corrected chi connectivity index (χ3v) is 8.22. The Labute approximate surface area is 249 Å². The molecule has 0 radical (unpaired) electrons. The number of ether oxygens (including phenoxy) is 1. The maximum Gasteiger partial charge on any atom is 0.420 e. The predicted molar refractivity (Wildman–Crippen MR) is 157 cm³/mol. The summed E-state index contributed by atoms with van der Waals surface area (Å²) < 4.78 is 47.2. The van der Waals surface area contributed by atoms with Crippen LogP contribution in [0.25, 0.3) is 0 Å². The Balaban J connectivity index is 1.54. The number of halogens is 3. The molecular formula is C31H39F3N6O3. The van der Waals surface area contributed by atoms with E-state index in [4.69, 9.17) is 16.0 Å². The van der Waals surface area contributed by atoms with Crippen molar-refractivity contribution in [2.45, 2.75) is 78.1 Å². The number of nitrogens with zero attached hydrogens (tertiary/aromatic N) is 3. The Kier molecular flexibility index (Phi) is 9.76. The molecule has 0 heterocycles. The van der Waals surface area contributed by atoms with Gasteiger partial charge in [-0.25, -0.2) is 10.3 Å². The number of hydrogen-bond donors (Lipinski definition) is 3. The Bertz CT molecular complexity index is 1340. The monoisotopic (exact) mass is 600 g/mol. The van der Waals surface area contributed by atoms with Gasteiger partial charge < -0.3 is 20.7 Å². The number of benzene rings is 2. The quantitative estimate of drug-likeness (QED) is 0.163. The number of urea groups is 1. The Morgan fingerprint density at radius 3 is 2.23 bits per heavy atom. The maximum absolute atomic E-state index is 13.9. The number of carbonyl (C=O) groups is 2. The van der Waals surface area contributed by atoms with Gasteiger partial charge in [-0.15, -0.1) is 5.11 Å². The second-order valence-corrected chi connectivity index (χ2v) is 12.5. The van der Waals surface area contributed by atoms with Crippen molar-refractivity contribution in [2.24, 2.45) is 33.1 Å². The summed E-state index contributed by atoms with van der Waals surface area (Å²) in [5.74, 6) is -0.565. The molecule has 2 aromatic rings. The van der Waals surface area contributed by atoms with Crippen LogP contribution in [0.15, 0.2) is 52.6 Å². The molecule has 0 saturated heterocycles. The first kappa shape index (κ1) is 32.0. The summed E-state index contributed by atoms with van der Waals surface area (Å²) in [4.78, 5) is 31.1. The van der Waals surface area contributed by atoms with Crippen LogP contribution >= 0.6 is 0 Å². The van der Waals surface area contributed by atoms with E-state index in [2.05, 4.69) is 36.2 Å². The Hall–Kier alpha value is -3.96. The van der Waals surface area contributed by atoms with Gasteiger partial charge in [0.1, 0.15) is 5.75 Å². The van der Waals surface area contributed by atoms with Gasteiger partial charge >= 0.3 is 12.2 Å². The normalized spacial score (nSPS) is 19.4. The number of guanidine groups is 1. The smallest absolute Gasteiger partial charge is 0.420 e. The van der Waals surface area contributed by atoms with Crippen LogP contribution in [0.1, 0.15) is 80.8 Å². The number of nitrogens with one attached hydrogen (secondary N) is 2. The predicted octanol–water partition coefficient (Wildman–Crippen LogP) is 7.62. The number of nitrogens with two attached hydrogens (primary N) is 1. The fourth-order valence-electron chi connectivity index (χ4n) is 5.41. The number of alkyl halides is 3. The zero-order valence-corrected chi connectivity index (χ0v) is 24.7. The molecule has 0 spiro atoms. The van der Waals surface area contributed by atoms with Crippen molar-refractivity contribution in [1.29, 1.82) is 5.53 Å². The van der Waals surface area contributed by atoms with Gasteiger partial charge in [-0.1, -0.05) is 32.9 Å². The minimum absolute atomic E-state index is 0.0284. The number of carbonyl (C=O) groups excluding carboxylic acids is 2. The lowest BCUT2D eigenvalue weighted by Crippen LogP contribution is -2.45. The van der Waals surface area contributed by atoms with E-state index in [1.807, 2.05) is 0 Å². The fourth-order valence-corrected chi connectivity index (χ4v) is 5.41.